The number of hydrogen-bond donors (Lipinski definition) is 3. The highest BCUT2D eigenvalue weighted by Gasteiger charge is 2.45. The molecule has 1 aliphatic heterocycles. The molecular weight excluding hydrogens is 650 g/mol. The number of amides is 3. The second-order valence-electron chi connectivity index (χ2n) is 11.9. The lowest BCUT2D eigenvalue weighted by atomic mass is 9.85. The summed E-state index contributed by atoms with van der Waals surface area (Å²) in [6, 6.07) is 11.4. The van der Waals surface area contributed by atoms with Crippen LogP contribution in [0.3, 0.4) is 0 Å². The number of nitrogens with zero attached hydrogens (tertiary/aromatic N) is 3. The largest absolute Gasteiger partial charge is 0.391 e. The van der Waals surface area contributed by atoms with Crippen LogP contribution in [0.25, 0.3) is 20.7 Å². The van der Waals surface area contributed by atoms with Gasteiger partial charge in [0.2, 0.25) is 11.8 Å². The van der Waals surface area contributed by atoms with E-state index in [0.717, 1.165) is 30.9 Å². The van der Waals surface area contributed by atoms with E-state index in [0.29, 0.717) is 5.52 Å². The predicted molar refractivity (Wildman–Crippen MR) is 173 cm³/mol. The molecule has 2 aromatic heterocycles. The number of aliphatic hydroxyl groups excluding tert-OH is 1. The number of halogens is 1. The van der Waals surface area contributed by atoms with Crippen LogP contribution < -0.4 is 10.6 Å². The molecule has 12 heteroatoms. The first-order valence-electron chi connectivity index (χ1n) is 14.0. The topological polar surface area (TPSA) is 125 Å². The minimum atomic E-state index is -0.945. The normalized spacial score (nSPS) is 18.4. The highest BCUT2D eigenvalue weighted by molar-refractivity contribution is 9.10. The Morgan fingerprint density at radius 1 is 1.12 bits per heavy atom. The van der Waals surface area contributed by atoms with Crippen LogP contribution in [0.2, 0.25) is 0 Å². The van der Waals surface area contributed by atoms with E-state index in [2.05, 4.69) is 36.5 Å². The maximum atomic E-state index is 14.0. The Kier molecular flexibility index (Phi) is 9.03. The number of rotatable bonds is 7. The highest BCUT2D eigenvalue weighted by atomic mass is 79.9. The van der Waals surface area contributed by atoms with Crippen LogP contribution in [0.5, 0.6) is 0 Å². The lowest BCUT2D eigenvalue weighted by Crippen LogP contribution is -2.57. The van der Waals surface area contributed by atoms with Gasteiger partial charge in [0.25, 0.3) is 5.91 Å². The summed E-state index contributed by atoms with van der Waals surface area (Å²) in [6.07, 6.45) is -0.734. The third-order valence-corrected chi connectivity index (χ3v) is 10.1. The summed E-state index contributed by atoms with van der Waals surface area (Å²) in [4.78, 5) is 52.0. The molecule has 3 N–H and O–H groups in total. The molecule has 9 nitrogen and oxygen atoms in total. The molecule has 226 valence electrons. The van der Waals surface area contributed by atoms with E-state index >= 15 is 0 Å². The van der Waals surface area contributed by atoms with Crippen molar-refractivity contribution in [3.8, 4) is 10.4 Å². The van der Waals surface area contributed by atoms with E-state index in [-0.39, 0.29) is 29.9 Å². The zero-order chi connectivity index (χ0) is 31.1. The highest BCUT2D eigenvalue weighted by Crippen LogP contribution is 2.30. The van der Waals surface area contributed by atoms with Gasteiger partial charge >= 0.3 is 0 Å². The second kappa shape index (κ2) is 12.4. The maximum absolute atomic E-state index is 14.0. The average molecular weight is 685 g/mol. The van der Waals surface area contributed by atoms with Gasteiger partial charge in [-0.05, 0) is 48.6 Å². The molecular formula is C31H34BrN5O4S2. The molecule has 0 saturated carbocycles. The first kappa shape index (κ1) is 31.2. The number of likely N-dealkylation sites (tertiary alicyclic amines) is 1. The molecule has 5 rings (SSSR count). The fourth-order valence-electron chi connectivity index (χ4n) is 5.21. The van der Waals surface area contributed by atoms with Gasteiger partial charge in [-0.25, -0.2) is 9.97 Å². The number of nitrogens with one attached hydrogen (secondary N) is 2. The summed E-state index contributed by atoms with van der Waals surface area (Å²) >= 11 is 6.25. The first-order valence-corrected chi connectivity index (χ1v) is 16.5. The fourth-order valence-corrected chi connectivity index (χ4v) is 7.22. The summed E-state index contributed by atoms with van der Waals surface area (Å²) in [5, 5.41) is 16.7. The van der Waals surface area contributed by atoms with E-state index in [9.17, 15) is 19.5 Å². The molecule has 4 atom stereocenters. The number of fused-ring (bicyclic) bond motifs is 1. The van der Waals surface area contributed by atoms with E-state index in [1.165, 1.54) is 16.2 Å². The van der Waals surface area contributed by atoms with E-state index in [1.807, 2.05) is 82.6 Å². The number of aryl methyl sites for hydroxylation is 1. The van der Waals surface area contributed by atoms with Crippen molar-refractivity contribution in [2.24, 2.45) is 5.41 Å². The smallest absolute Gasteiger partial charge is 0.280 e. The molecule has 3 heterocycles. The lowest BCUT2D eigenvalue weighted by molar-refractivity contribution is -0.142. The van der Waals surface area contributed by atoms with Crippen LogP contribution in [0.4, 0.5) is 0 Å². The first-order chi connectivity index (χ1) is 20.3. The van der Waals surface area contributed by atoms with Gasteiger partial charge in [0.05, 0.1) is 38.4 Å². The third-order valence-electron chi connectivity index (χ3n) is 7.57. The molecule has 3 amide bonds. The number of thiazole rings is 2. The van der Waals surface area contributed by atoms with E-state index in [1.54, 1.807) is 11.3 Å². The van der Waals surface area contributed by atoms with Gasteiger partial charge in [0.1, 0.15) is 12.1 Å². The van der Waals surface area contributed by atoms with Crippen LogP contribution >= 0.6 is 38.6 Å². The van der Waals surface area contributed by atoms with Crippen LogP contribution in [-0.2, 0) is 9.59 Å². The minimum Gasteiger partial charge on any atom is -0.391 e. The molecule has 0 bridgehead atoms. The van der Waals surface area contributed by atoms with E-state index in [4.69, 9.17) is 0 Å². The number of benzene rings is 2. The Bertz CT molecular complexity index is 1660. The summed E-state index contributed by atoms with van der Waals surface area (Å²) in [5.74, 6) is -1.23. The molecule has 1 fully saturated rings. The number of carbonyl (C=O) groups is 3. The summed E-state index contributed by atoms with van der Waals surface area (Å²) < 4.78 is 1.71. The molecule has 0 aliphatic carbocycles. The standard InChI is InChI=1S/C31H34BrN5O4S2/c1-16(18-6-8-19(9-7-18)25-17(2)33-15-42-25)34-27(39)23-13-21(38)14-37(23)30(41)26(31(3,4)5)36-28(40)29-35-22-12-20(32)10-11-24(22)43-29/h6-12,15-16,21,23,26,38H,13-14H2,1-5H3,(H,34,39)(H,36,40)/t16-,21+,23-,26+/m0/s1. The van der Waals surface area contributed by atoms with Gasteiger partial charge < -0.3 is 20.6 Å². The maximum Gasteiger partial charge on any atom is 0.280 e. The Balaban J connectivity index is 1.30. The predicted octanol–water partition coefficient (Wildman–Crippen LogP) is 5.47. The number of aliphatic hydroxyl groups is 1. The monoisotopic (exact) mass is 683 g/mol. The van der Waals surface area contributed by atoms with Gasteiger partial charge in [-0.15, -0.1) is 22.7 Å². The zero-order valence-corrected chi connectivity index (χ0v) is 27.8. The van der Waals surface area contributed by atoms with Crippen LogP contribution in [0, 0.1) is 12.3 Å². The van der Waals surface area contributed by atoms with Gasteiger partial charge in [0.15, 0.2) is 5.01 Å². The van der Waals surface area contributed by atoms with Gasteiger partial charge in [-0.3, -0.25) is 14.4 Å². The summed E-state index contributed by atoms with van der Waals surface area (Å²) in [7, 11) is 0. The average Bonchev–Trinajstić information content (AvgIpc) is 3.68. The number of carbonyl (C=O) groups excluding carboxylic acids is 3. The van der Waals surface area contributed by atoms with Crippen molar-refractivity contribution >= 4 is 66.5 Å². The van der Waals surface area contributed by atoms with Gasteiger partial charge in [-0.1, -0.05) is 61.0 Å². The van der Waals surface area contributed by atoms with Crippen molar-refractivity contribution in [2.75, 3.05) is 6.54 Å². The molecule has 0 unspecified atom stereocenters. The molecule has 43 heavy (non-hydrogen) atoms. The summed E-state index contributed by atoms with van der Waals surface area (Å²) in [6.45, 7) is 9.43. The Hall–Kier alpha value is -3.19. The van der Waals surface area contributed by atoms with Gasteiger partial charge in [0, 0.05) is 17.4 Å². The van der Waals surface area contributed by atoms with Crippen molar-refractivity contribution in [1.29, 1.82) is 0 Å². The minimum absolute atomic E-state index is 0.00577. The Morgan fingerprint density at radius 2 is 1.84 bits per heavy atom. The van der Waals surface area contributed by atoms with Crippen molar-refractivity contribution < 1.29 is 19.5 Å². The second-order valence-corrected chi connectivity index (χ2v) is 14.7. The van der Waals surface area contributed by atoms with Crippen LogP contribution in [-0.4, -0.2) is 62.4 Å². The van der Waals surface area contributed by atoms with Gasteiger partial charge in [-0.2, -0.15) is 0 Å². The molecule has 0 spiro atoms. The van der Waals surface area contributed by atoms with Crippen LogP contribution in [0.1, 0.15) is 61.2 Å². The molecule has 0 radical (unpaired) electrons. The van der Waals surface area contributed by atoms with E-state index < -0.39 is 35.4 Å². The van der Waals surface area contributed by atoms with Crippen molar-refractivity contribution in [2.45, 2.75) is 65.3 Å². The molecule has 2 aromatic carbocycles. The fraction of sp³-hybridized carbons (Fsp3) is 0.387. The SMILES string of the molecule is Cc1ncsc1-c1ccc([C@H](C)NC(=O)[C@@H]2C[C@@H](O)CN2C(=O)[C@@H](NC(=O)c2nc3cc(Br)ccc3s2)C(C)(C)C)cc1. The van der Waals surface area contributed by atoms with Crippen LogP contribution in [0.15, 0.2) is 52.4 Å². The van der Waals surface area contributed by atoms with Crippen molar-refractivity contribution in [3.05, 3.63) is 68.7 Å². The zero-order valence-electron chi connectivity index (χ0n) is 24.6. The third kappa shape index (κ3) is 6.82. The van der Waals surface area contributed by atoms with Crippen molar-refractivity contribution in [3.63, 3.8) is 0 Å². The lowest BCUT2D eigenvalue weighted by Gasteiger charge is -2.35. The summed E-state index contributed by atoms with van der Waals surface area (Å²) in [5.41, 5.74) is 4.78. The molecule has 4 aromatic rings. The number of β-amino-alcohol motifs (C(OH)–C–C–N with tert-alkyl or cyclic N) is 1. The number of aromatic nitrogens is 2. The molecule has 1 aliphatic rings. The number of hydrogen-bond acceptors (Lipinski definition) is 8. The Morgan fingerprint density at radius 3 is 2.49 bits per heavy atom. The quantitative estimate of drug-likeness (QED) is 0.237. The Labute approximate surface area is 266 Å². The molecule has 1 saturated heterocycles. The van der Waals surface area contributed by atoms with Crippen molar-refractivity contribution in [1.82, 2.24) is 25.5 Å².